The van der Waals surface area contributed by atoms with E-state index in [1.54, 1.807) is 14.1 Å². The molecule has 3 aliphatic rings. The molecule has 2 unspecified atom stereocenters. The lowest BCUT2D eigenvalue weighted by molar-refractivity contribution is -0.181. The Labute approximate surface area is 259 Å². The summed E-state index contributed by atoms with van der Waals surface area (Å²) in [6.45, 7) is 14.1. The second-order valence-corrected chi connectivity index (χ2v) is 14.8. The van der Waals surface area contributed by atoms with Crippen LogP contribution in [0.25, 0.3) is 0 Å². The number of hydrogen-bond donors (Lipinski definition) is 3. The van der Waals surface area contributed by atoms with E-state index in [1.165, 1.54) is 18.1 Å². The number of aliphatic hydroxyl groups is 1. The highest BCUT2D eigenvalue weighted by molar-refractivity contribution is 6.32. The second-order valence-electron chi connectivity index (χ2n) is 14.8. The number of phenols is 1. The summed E-state index contributed by atoms with van der Waals surface area (Å²) in [7, 11) is 4.62. The van der Waals surface area contributed by atoms with Gasteiger partial charge >= 0.3 is 0 Å². The molecule has 6 atom stereocenters. The minimum absolute atomic E-state index is 0.0161. The first-order chi connectivity index (χ1) is 20.2. The largest absolute Gasteiger partial charge is 0.507 e. The number of hydrogen-bond acceptors (Lipinski definition) is 10. The number of rotatable bonds is 8. The van der Waals surface area contributed by atoms with Crippen LogP contribution in [0.15, 0.2) is 6.07 Å². The molecular weight excluding hydrogens is 566 g/mol. The first-order valence-corrected chi connectivity index (χ1v) is 15.2. The third kappa shape index (κ3) is 5.26. The molecule has 1 amide bonds. The van der Waals surface area contributed by atoms with Gasteiger partial charge in [-0.2, -0.15) is 0 Å². The van der Waals surface area contributed by atoms with Gasteiger partial charge in [-0.05, 0) is 71.1 Å². The Hall–Kier alpha value is -3.15. The quantitative estimate of drug-likeness (QED) is 0.369. The van der Waals surface area contributed by atoms with Crippen LogP contribution >= 0.6 is 0 Å². The van der Waals surface area contributed by atoms with E-state index < -0.39 is 64.4 Å². The Morgan fingerprint density at radius 2 is 1.73 bits per heavy atom. The van der Waals surface area contributed by atoms with Crippen LogP contribution < -0.4 is 10.5 Å². The van der Waals surface area contributed by atoms with Crippen molar-refractivity contribution in [3.63, 3.8) is 0 Å². The third-order valence-corrected chi connectivity index (χ3v) is 9.85. The van der Waals surface area contributed by atoms with E-state index in [4.69, 9.17) is 10.5 Å². The van der Waals surface area contributed by atoms with Gasteiger partial charge in [-0.3, -0.25) is 33.8 Å². The first-order valence-electron chi connectivity index (χ1n) is 15.2. The van der Waals surface area contributed by atoms with Crippen molar-refractivity contribution >= 4 is 29.0 Å². The van der Waals surface area contributed by atoms with Crippen molar-refractivity contribution in [1.82, 2.24) is 9.80 Å². The number of Topliss-reactive ketones (excluding diaryl/α,β-unsaturated/α-hetero) is 4. The molecule has 11 heteroatoms. The highest BCUT2D eigenvalue weighted by atomic mass is 16.5. The second kappa shape index (κ2) is 11.3. The van der Waals surface area contributed by atoms with E-state index in [1.807, 2.05) is 0 Å². The molecule has 44 heavy (non-hydrogen) atoms. The predicted octanol–water partition coefficient (Wildman–Crippen LogP) is 1.91. The lowest BCUT2D eigenvalue weighted by Gasteiger charge is -2.52. The summed E-state index contributed by atoms with van der Waals surface area (Å²) in [6, 6.07) is 0.341. The first kappa shape index (κ1) is 33.7. The zero-order chi connectivity index (χ0) is 33.3. The number of likely N-dealkylation sites (N-methyl/N-ethyl adjacent to an activating group) is 1. The molecule has 242 valence electrons. The van der Waals surface area contributed by atoms with Gasteiger partial charge in [0.1, 0.15) is 11.5 Å². The van der Waals surface area contributed by atoms with Gasteiger partial charge in [0.2, 0.25) is 5.91 Å². The van der Waals surface area contributed by atoms with Crippen LogP contribution in [-0.4, -0.2) is 94.0 Å². The van der Waals surface area contributed by atoms with Gasteiger partial charge in [0.15, 0.2) is 34.7 Å². The number of primary amides is 1. The van der Waals surface area contributed by atoms with Crippen LogP contribution in [0.4, 0.5) is 0 Å². The molecule has 2 fully saturated rings. The fraction of sp³-hybridized carbons (Fsp3) is 0.667. The van der Waals surface area contributed by atoms with E-state index in [2.05, 4.69) is 46.4 Å². The number of aromatic hydroxyl groups is 1. The van der Waals surface area contributed by atoms with Gasteiger partial charge in [-0.25, -0.2) is 0 Å². The number of methoxy groups -OCH3 is 1. The number of nitrogens with zero attached hydrogens (tertiary/aromatic N) is 2. The Bertz CT molecular complexity index is 1410. The number of benzene rings is 1. The van der Waals surface area contributed by atoms with Gasteiger partial charge in [0.05, 0.1) is 24.6 Å². The molecule has 0 radical (unpaired) electrons. The lowest BCUT2D eigenvalue weighted by atomic mass is 9.52. The number of ether oxygens (including phenoxy) is 1. The van der Waals surface area contributed by atoms with Crippen molar-refractivity contribution < 1.29 is 38.9 Å². The van der Waals surface area contributed by atoms with Crippen molar-refractivity contribution in [3.8, 4) is 11.5 Å². The van der Waals surface area contributed by atoms with Crippen molar-refractivity contribution in [2.45, 2.75) is 84.5 Å². The Morgan fingerprint density at radius 3 is 2.23 bits per heavy atom. The smallest absolute Gasteiger partial charge is 0.235 e. The van der Waals surface area contributed by atoms with Crippen LogP contribution in [-0.2, 0) is 32.1 Å². The van der Waals surface area contributed by atoms with Crippen LogP contribution in [0.2, 0.25) is 0 Å². The predicted molar refractivity (Wildman–Crippen MR) is 162 cm³/mol. The average molecular weight is 614 g/mol. The number of carbonyl (C=O) groups excluding carboxylic acids is 5. The molecular formula is C33H47N3O8. The standard InChI is InChI=1S/C33H47N3O8/c1-10-36(32(5,6)15-31(2,3)4)14-17-13-20(37)22-18(27(17)44-9)11-16-12-19-24(35(7)8)26(39)23(30(34)42)29(41)33(19,43)28(40)21(16)25(22)38/h13,16,19,21,23-24,37,43H,10-12,14-15H2,1-9H3,(H2,34,42)/t16-,19-,21?,23?,24-,33-/m0/s1. The van der Waals surface area contributed by atoms with Crippen LogP contribution in [0.3, 0.4) is 0 Å². The van der Waals surface area contributed by atoms with Crippen LogP contribution in [0, 0.1) is 29.1 Å². The number of carbonyl (C=O) groups is 5. The summed E-state index contributed by atoms with van der Waals surface area (Å²) in [6.07, 6.45) is 1.04. The molecule has 4 rings (SSSR count). The molecule has 0 bridgehead atoms. The maximum absolute atomic E-state index is 14.0. The van der Waals surface area contributed by atoms with Gasteiger partial charge in [0, 0.05) is 29.1 Å². The summed E-state index contributed by atoms with van der Waals surface area (Å²) in [5.74, 6) is -10.3. The van der Waals surface area contributed by atoms with E-state index in [9.17, 15) is 34.2 Å². The van der Waals surface area contributed by atoms with Crippen LogP contribution in [0.5, 0.6) is 11.5 Å². The summed E-state index contributed by atoms with van der Waals surface area (Å²) in [5, 5.41) is 23.0. The maximum atomic E-state index is 14.0. The minimum Gasteiger partial charge on any atom is -0.507 e. The Morgan fingerprint density at radius 1 is 1.11 bits per heavy atom. The lowest BCUT2D eigenvalue weighted by Crippen LogP contribution is -2.74. The molecule has 3 aliphatic carbocycles. The van der Waals surface area contributed by atoms with Crippen molar-refractivity contribution in [1.29, 1.82) is 0 Å². The molecule has 4 N–H and O–H groups in total. The fourth-order valence-electron chi connectivity index (χ4n) is 8.46. The number of nitrogens with two attached hydrogens (primary N) is 1. The van der Waals surface area contributed by atoms with Crippen molar-refractivity contribution in [2.75, 3.05) is 27.7 Å². The van der Waals surface area contributed by atoms with E-state index in [0.717, 1.165) is 13.0 Å². The summed E-state index contributed by atoms with van der Waals surface area (Å²) >= 11 is 0. The fourth-order valence-corrected chi connectivity index (χ4v) is 8.46. The molecule has 11 nitrogen and oxygen atoms in total. The average Bonchev–Trinajstić information content (AvgIpc) is 2.87. The van der Waals surface area contributed by atoms with Crippen molar-refractivity contribution in [2.24, 2.45) is 34.8 Å². The zero-order valence-electron chi connectivity index (χ0n) is 27.3. The molecule has 2 saturated carbocycles. The third-order valence-electron chi connectivity index (χ3n) is 9.85. The van der Waals surface area contributed by atoms with E-state index >= 15 is 0 Å². The molecule has 1 aromatic carbocycles. The SMILES string of the molecule is CCN(Cc1cc(O)c2c(c1OC)C[C@H]1C[C@H]3[C@H](N(C)C)C(=O)C(C(N)=O)C(=O)[C@@]3(O)C(=O)C1C2=O)C(C)(C)CC(C)(C)C. The summed E-state index contributed by atoms with van der Waals surface area (Å²) in [4.78, 5) is 70.8. The monoisotopic (exact) mass is 613 g/mol. The van der Waals surface area contributed by atoms with Gasteiger partial charge in [-0.1, -0.05) is 27.7 Å². The highest BCUT2D eigenvalue weighted by Gasteiger charge is 2.69. The van der Waals surface area contributed by atoms with E-state index in [-0.39, 0.29) is 35.1 Å². The molecule has 0 heterocycles. The Kier molecular flexibility index (Phi) is 8.69. The zero-order valence-corrected chi connectivity index (χ0v) is 27.3. The molecule has 0 aromatic heterocycles. The number of ketones is 4. The van der Waals surface area contributed by atoms with E-state index in [0.29, 0.717) is 23.4 Å². The minimum atomic E-state index is -2.75. The van der Waals surface area contributed by atoms with Crippen LogP contribution in [0.1, 0.15) is 75.9 Å². The van der Waals surface area contributed by atoms with Crippen molar-refractivity contribution in [3.05, 3.63) is 22.8 Å². The molecule has 0 spiro atoms. The Balaban J connectivity index is 1.81. The number of phenolic OH excluding ortho intramolecular Hbond substituents is 1. The van der Waals surface area contributed by atoms with Gasteiger partial charge in [-0.15, -0.1) is 0 Å². The topological polar surface area (TPSA) is 168 Å². The normalized spacial score (nSPS) is 29.0. The summed E-state index contributed by atoms with van der Waals surface area (Å²) in [5.41, 5.74) is 3.58. The maximum Gasteiger partial charge on any atom is 0.235 e. The molecule has 1 aromatic rings. The molecule has 0 saturated heterocycles. The summed E-state index contributed by atoms with van der Waals surface area (Å²) < 4.78 is 5.88. The number of fused-ring (bicyclic) bond motifs is 3. The number of amides is 1. The van der Waals surface area contributed by atoms with Gasteiger partial charge in [0.25, 0.3) is 0 Å². The molecule has 0 aliphatic heterocycles. The van der Waals surface area contributed by atoms with Gasteiger partial charge < -0.3 is 20.7 Å². The highest BCUT2D eigenvalue weighted by Crippen LogP contribution is 2.52.